The molecule has 0 radical (unpaired) electrons. The zero-order valence-corrected chi connectivity index (χ0v) is 20.1. The third kappa shape index (κ3) is 7.54. The molecule has 0 bridgehead atoms. The molecule has 0 saturated heterocycles. The SMILES string of the molecule is CC.CCCNCc1c(C)n(CC(=O)OC)c2ccc(C)cc12.Sc1ccccc1. The van der Waals surface area contributed by atoms with E-state index < -0.39 is 0 Å². The van der Waals surface area contributed by atoms with Crippen LogP contribution in [0.4, 0.5) is 0 Å². The number of ether oxygens (including phenoxy) is 1. The van der Waals surface area contributed by atoms with Gasteiger partial charge in [-0.3, -0.25) is 4.79 Å². The topological polar surface area (TPSA) is 43.3 Å². The fourth-order valence-corrected chi connectivity index (χ4v) is 3.28. The van der Waals surface area contributed by atoms with Gasteiger partial charge in [-0.15, -0.1) is 12.6 Å². The summed E-state index contributed by atoms with van der Waals surface area (Å²) in [7, 11) is 1.43. The Labute approximate surface area is 187 Å². The summed E-state index contributed by atoms with van der Waals surface area (Å²) in [6, 6.07) is 16.2. The monoisotopic (exact) mass is 428 g/mol. The van der Waals surface area contributed by atoms with E-state index in [-0.39, 0.29) is 12.5 Å². The molecule has 4 nitrogen and oxygen atoms in total. The lowest BCUT2D eigenvalue weighted by Crippen LogP contribution is -2.16. The standard InChI is InChI=1S/C17H24N2O2.C6H6S.C2H6/c1-5-8-18-10-15-13(3)19(11-17(20)21-4)16-7-6-12(2)9-14(15)16;7-6-4-2-1-3-5-6;1-2/h6-7,9,18H,5,8,10-11H2,1-4H3;1-5,7H;1-2H3. The van der Waals surface area contributed by atoms with Gasteiger partial charge >= 0.3 is 5.97 Å². The van der Waals surface area contributed by atoms with Gasteiger partial charge in [0.15, 0.2) is 0 Å². The number of benzene rings is 2. The first kappa shape index (κ1) is 25.8. The third-order valence-electron chi connectivity index (χ3n) is 4.61. The minimum absolute atomic E-state index is 0.219. The van der Waals surface area contributed by atoms with Crippen LogP contribution in [0.25, 0.3) is 10.9 Å². The maximum absolute atomic E-state index is 11.7. The number of rotatable bonds is 6. The number of carbonyl (C=O) groups excluding carboxylic acids is 1. The molecule has 0 spiro atoms. The molecule has 1 heterocycles. The van der Waals surface area contributed by atoms with E-state index in [9.17, 15) is 4.79 Å². The largest absolute Gasteiger partial charge is 0.468 e. The second kappa shape index (κ2) is 13.9. The first-order chi connectivity index (χ1) is 14.5. The third-order valence-corrected chi connectivity index (χ3v) is 4.91. The molecule has 3 rings (SSSR count). The number of esters is 1. The first-order valence-corrected chi connectivity index (χ1v) is 11.0. The van der Waals surface area contributed by atoms with Crippen molar-refractivity contribution in [3.05, 3.63) is 65.4 Å². The second-order valence-corrected chi connectivity index (χ2v) is 7.28. The average molecular weight is 429 g/mol. The summed E-state index contributed by atoms with van der Waals surface area (Å²) in [5, 5.41) is 4.68. The molecule has 0 aliphatic rings. The van der Waals surface area contributed by atoms with E-state index in [1.165, 1.54) is 23.6 Å². The zero-order chi connectivity index (χ0) is 22.5. The van der Waals surface area contributed by atoms with Crippen molar-refractivity contribution in [2.24, 2.45) is 0 Å². The van der Waals surface area contributed by atoms with E-state index >= 15 is 0 Å². The first-order valence-electron chi connectivity index (χ1n) is 10.6. The smallest absolute Gasteiger partial charge is 0.325 e. The lowest BCUT2D eigenvalue weighted by Gasteiger charge is -2.07. The number of hydrogen-bond acceptors (Lipinski definition) is 4. The molecular weight excluding hydrogens is 392 g/mol. The van der Waals surface area contributed by atoms with Crippen molar-refractivity contribution >= 4 is 29.5 Å². The van der Waals surface area contributed by atoms with Crippen LogP contribution in [-0.2, 0) is 22.6 Å². The van der Waals surface area contributed by atoms with Gasteiger partial charge in [-0.25, -0.2) is 0 Å². The van der Waals surface area contributed by atoms with Crippen molar-refractivity contribution in [3.8, 4) is 0 Å². The van der Waals surface area contributed by atoms with Gasteiger partial charge in [0.2, 0.25) is 0 Å². The quantitative estimate of drug-likeness (QED) is 0.290. The van der Waals surface area contributed by atoms with Crippen molar-refractivity contribution < 1.29 is 9.53 Å². The Bertz CT molecular complexity index is 904. The molecule has 30 heavy (non-hydrogen) atoms. The van der Waals surface area contributed by atoms with Crippen LogP contribution >= 0.6 is 12.6 Å². The Balaban J connectivity index is 0.000000418. The molecule has 0 aliphatic carbocycles. The zero-order valence-electron chi connectivity index (χ0n) is 19.2. The normalized spacial score (nSPS) is 9.97. The number of thiol groups is 1. The molecule has 0 unspecified atom stereocenters. The minimum Gasteiger partial charge on any atom is -0.468 e. The molecule has 0 aliphatic heterocycles. The summed E-state index contributed by atoms with van der Waals surface area (Å²) in [5.74, 6) is -0.219. The molecule has 164 valence electrons. The van der Waals surface area contributed by atoms with Crippen molar-refractivity contribution in [2.45, 2.75) is 59.0 Å². The summed E-state index contributed by atoms with van der Waals surface area (Å²) in [5.41, 5.74) is 4.72. The van der Waals surface area contributed by atoms with Crippen molar-refractivity contribution in [2.75, 3.05) is 13.7 Å². The molecule has 2 aromatic carbocycles. The van der Waals surface area contributed by atoms with Crippen LogP contribution in [-0.4, -0.2) is 24.2 Å². The van der Waals surface area contributed by atoms with Crippen molar-refractivity contribution in [3.63, 3.8) is 0 Å². The number of fused-ring (bicyclic) bond motifs is 1. The van der Waals surface area contributed by atoms with Crippen LogP contribution in [0.2, 0.25) is 0 Å². The lowest BCUT2D eigenvalue weighted by molar-refractivity contribution is -0.141. The van der Waals surface area contributed by atoms with Gasteiger partial charge in [0, 0.05) is 28.0 Å². The predicted molar refractivity (Wildman–Crippen MR) is 130 cm³/mol. The summed E-state index contributed by atoms with van der Waals surface area (Å²) >= 11 is 4.08. The van der Waals surface area contributed by atoms with Gasteiger partial charge in [0.05, 0.1) is 7.11 Å². The van der Waals surface area contributed by atoms with Crippen LogP contribution in [0.1, 0.15) is 44.0 Å². The number of nitrogens with one attached hydrogen (secondary N) is 1. The molecule has 1 N–H and O–H groups in total. The van der Waals surface area contributed by atoms with E-state index in [0.29, 0.717) is 0 Å². The molecule has 0 saturated carbocycles. The Morgan fingerprint density at radius 3 is 2.30 bits per heavy atom. The van der Waals surface area contributed by atoms with Gasteiger partial charge < -0.3 is 14.6 Å². The van der Waals surface area contributed by atoms with Gasteiger partial charge in [0.25, 0.3) is 0 Å². The molecule has 0 amide bonds. The predicted octanol–water partition coefficient (Wildman–Crippen LogP) is 5.93. The Kier molecular flexibility index (Phi) is 11.9. The summed E-state index contributed by atoms with van der Waals surface area (Å²) < 4.78 is 6.86. The number of nitrogens with zero attached hydrogens (tertiary/aromatic N) is 1. The number of hydrogen-bond donors (Lipinski definition) is 2. The van der Waals surface area contributed by atoms with Crippen molar-refractivity contribution in [1.29, 1.82) is 0 Å². The number of aromatic nitrogens is 1. The number of carbonyl (C=O) groups is 1. The fraction of sp³-hybridized carbons (Fsp3) is 0.400. The molecule has 1 aromatic heterocycles. The Morgan fingerprint density at radius 1 is 1.10 bits per heavy atom. The number of aryl methyl sites for hydroxylation is 1. The Hall–Kier alpha value is -2.24. The highest BCUT2D eigenvalue weighted by Crippen LogP contribution is 2.27. The van der Waals surface area contributed by atoms with Crippen LogP contribution in [0.3, 0.4) is 0 Å². The molecule has 5 heteroatoms. The van der Waals surface area contributed by atoms with E-state index in [0.717, 1.165) is 35.6 Å². The van der Waals surface area contributed by atoms with Crippen LogP contribution < -0.4 is 5.32 Å². The highest BCUT2D eigenvalue weighted by molar-refractivity contribution is 7.80. The second-order valence-electron chi connectivity index (χ2n) is 6.76. The maximum atomic E-state index is 11.7. The highest BCUT2D eigenvalue weighted by atomic mass is 32.1. The van der Waals surface area contributed by atoms with Crippen LogP contribution in [0, 0.1) is 13.8 Å². The Morgan fingerprint density at radius 2 is 1.77 bits per heavy atom. The average Bonchev–Trinajstić information content (AvgIpc) is 3.01. The molecular formula is C25H36N2O2S. The van der Waals surface area contributed by atoms with Gasteiger partial charge in [0.1, 0.15) is 6.54 Å². The highest BCUT2D eigenvalue weighted by Gasteiger charge is 2.16. The molecule has 0 atom stereocenters. The maximum Gasteiger partial charge on any atom is 0.325 e. The van der Waals surface area contributed by atoms with E-state index in [1.54, 1.807) is 0 Å². The van der Waals surface area contributed by atoms with Crippen molar-refractivity contribution in [1.82, 2.24) is 9.88 Å². The van der Waals surface area contributed by atoms with E-state index in [4.69, 9.17) is 4.74 Å². The van der Waals surface area contributed by atoms with Gasteiger partial charge in [-0.2, -0.15) is 0 Å². The minimum atomic E-state index is -0.219. The summed E-state index contributed by atoms with van der Waals surface area (Å²) in [6.45, 7) is 12.4. The van der Waals surface area contributed by atoms with E-state index in [1.807, 2.05) is 48.7 Å². The summed E-state index contributed by atoms with van der Waals surface area (Å²) in [4.78, 5) is 12.7. The van der Waals surface area contributed by atoms with Crippen LogP contribution in [0.15, 0.2) is 53.4 Å². The van der Waals surface area contributed by atoms with Gasteiger partial charge in [-0.05, 0) is 56.6 Å². The molecule has 0 fully saturated rings. The number of methoxy groups -OCH3 is 1. The van der Waals surface area contributed by atoms with Gasteiger partial charge in [-0.1, -0.05) is 50.6 Å². The van der Waals surface area contributed by atoms with E-state index in [2.05, 4.69) is 56.9 Å². The lowest BCUT2D eigenvalue weighted by atomic mass is 10.1. The van der Waals surface area contributed by atoms with Crippen LogP contribution in [0.5, 0.6) is 0 Å². The fourth-order valence-electron chi connectivity index (χ4n) is 3.10. The molecule has 3 aromatic rings. The summed E-state index contributed by atoms with van der Waals surface area (Å²) in [6.07, 6.45) is 1.11.